The second-order valence-electron chi connectivity index (χ2n) is 5.61. The molecule has 0 aromatic heterocycles. The topological polar surface area (TPSA) is 63.1 Å². The van der Waals surface area contributed by atoms with E-state index in [9.17, 15) is 4.79 Å². The van der Waals surface area contributed by atoms with Gasteiger partial charge in [-0.2, -0.15) is 5.10 Å². The molecule has 0 radical (unpaired) electrons. The number of amidine groups is 1. The Balaban J connectivity index is 1.52. The molecular formula is C20H19N3O2S. The van der Waals surface area contributed by atoms with Crippen LogP contribution in [0.3, 0.4) is 0 Å². The monoisotopic (exact) mass is 365 g/mol. The summed E-state index contributed by atoms with van der Waals surface area (Å²) in [7, 11) is 0. The summed E-state index contributed by atoms with van der Waals surface area (Å²) in [5.41, 5.74) is 2.03. The van der Waals surface area contributed by atoms with Crippen molar-refractivity contribution < 1.29 is 9.53 Å². The lowest BCUT2D eigenvalue weighted by molar-refractivity contribution is -0.118. The molecule has 2 aromatic rings. The third-order valence-electron chi connectivity index (χ3n) is 3.64. The van der Waals surface area contributed by atoms with Gasteiger partial charge in [-0.25, -0.2) is 0 Å². The smallest absolute Gasteiger partial charge is 0.239 e. The Morgan fingerprint density at radius 1 is 1.15 bits per heavy atom. The minimum absolute atomic E-state index is 0.0521. The van der Waals surface area contributed by atoms with Crippen molar-refractivity contribution in [2.45, 2.75) is 18.3 Å². The van der Waals surface area contributed by atoms with Crippen molar-refractivity contribution >= 4 is 29.1 Å². The SMILES string of the molecule is C=CC[C@@H]1S/C(=N\N=C\c2ccc(OCc3ccccc3)cc2)NC1=O. The van der Waals surface area contributed by atoms with Gasteiger partial charge in [0.15, 0.2) is 5.17 Å². The normalized spacial score (nSPS) is 18.2. The van der Waals surface area contributed by atoms with E-state index in [0.717, 1.165) is 16.9 Å². The summed E-state index contributed by atoms with van der Waals surface area (Å²) in [6.45, 7) is 4.18. The molecule has 1 saturated heterocycles. The average molecular weight is 365 g/mol. The van der Waals surface area contributed by atoms with Crippen LogP contribution >= 0.6 is 11.8 Å². The molecule has 6 heteroatoms. The second-order valence-corrected chi connectivity index (χ2v) is 6.80. The van der Waals surface area contributed by atoms with E-state index >= 15 is 0 Å². The van der Waals surface area contributed by atoms with E-state index in [1.54, 1.807) is 12.3 Å². The molecule has 1 fully saturated rings. The summed E-state index contributed by atoms with van der Waals surface area (Å²) in [6.07, 6.45) is 3.98. The van der Waals surface area contributed by atoms with E-state index in [4.69, 9.17) is 4.74 Å². The number of carbonyl (C=O) groups excluding carboxylic acids is 1. The van der Waals surface area contributed by atoms with Crippen molar-refractivity contribution in [1.82, 2.24) is 5.32 Å². The number of hydrogen-bond donors (Lipinski definition) is 1. The molecule has 1 aliphatic rings. The number of carbonyl (C=O) groups is 1. The summed E-state index contributed by atoms with van der Waals surface area (Å²) >= 11 is 1.37. The lowest BCUT2D eigenvalue weighted by atomic mass is 10.2. The van der Waals surface area contributed by atoms with E-state index in [0.29, 0.717) is 18.2 Å². The standard InChI is InChI=1S/C20H19N3O2S/c1-2-6-18-19(24)22-20(26-18)23-21-13-15-9-11-17(12-10-15)25-14-16-7-4-3-5-8-16/h2-5,7-13,18H,1,6,14H2,(H,22,23,24)/b21-13+/t18-/m0/s1. The van der Waals surface area contributed by atoms with Gasteiger partial charge in [-0.1, -0.05) is 48.2 Å². The first kappa shape index (κ1) is 17.9. The van der Waals surface area contributed by atoms with Gasteiger partial charge >= 0.3 is 0 Å². The summed E-state index contributed by atoms with van der Waals surface area (Å²) in [4.78, 5) is 11.7. The number of thioether (sulfide) groups is 1. The van der Waals surface area contributed by atoms with Gasteiger partial charge in [-0.3, -0.25) is 4.79 Å². The Labute approximate surface area is 156 Å². The highest BCUT2D eigenvalue weighted by Gasteiger charge is 2.28. The first-order valence-electron chi connectivity index (χ1n) is 8.21. The van der Waals surface area contributed by atoms with Gasteiger partial charge in [-0.15, -0.1) is 11.7 Å². The molecule has 0 spiro atoms. The van der Waals surface area contributed by atoms with Gasteiger partial charge in [0.1, 0.15) is 12.4 Å². The molecular weight excluding hydrogens is 346 g/mol. The maximum absolute atomic E-state index is 11.7. The Hall–Kier alpha value is -2.86. The van der Waals surface area contributed by atoms with Crippen LogP contribution in [0.5, 0.6) is 5.75 Å². The van der Waals surface area contributed by atoms with Gasteiger partial charge in [-0.05, 0) is 41.8 Å². The van der Waals surface area contributed by atoms with Crippen molar-refractivity contribution in [3.8, 4) is 5.75 Å². The minimum Gasteiger partial charge on any atom is -0.489 e. The molecule has 1 atom stereocenters. The van der Waals surface area contributed by atoms with Crippen molar-refractivity contribution in [1.29, 1.82) is 0 Å². The lowest BCUT2D eigenvalue weighted by Crippen LogP contribution is -2.24. The van der Waals surface area contributed by atoms with E-state index in [1.807, 2.05) is 54.6 Å². The molecule has 0 unspecified atom stereocenters. The van der Waals surface area contributed by atoms with Crippen molar-refractivity contribution in [2.75, 3.05) is 0 Å². The zero-order valence-corrected chi connectivity index (χ0v) is 15.0. The molecule has 2 aromatic carbocycles. The molecule has 1 amide bonds. The minimum atomic E-state index is -0.164. The molecule has 26 heavy (non-hydrogen) atoms. The quantitative estimate of drug-likeness (QED) is 0.462. The molecule has 1 heterocycles. The summed E-state index contributed by atoms with van der Waals surface area (Å²) < 4.78 is 5.75. The highest BCUT2D eigenvalue weighted by atomic mass is 32.2. The Morgan fingerprint density at radius 2 is 1.92 bits per heavy atom. The van der Waals surface area contributed by atoms with Crippen LogP contribution in [0.25, 0.3) is 0 Å². The number of allylic oxidation sites excluding steroid dienone is 1. The molecule has 0 bridgehead atoms. The van der Waals surface area contributed by atoms with Crippen LogP contribution in [0, 0.1) is 0 Å². The number of hydrogen-bond acceptors (Lipinski definition) is 5. The number of benzene rings is 2. The third-order valence-corrected chi connectivity index (χ3v) is 4.74. The van der Waals surface area contributed by atoms with E-state index in [-0.39, 0.29) is 11.2 Å². The molecule has 0 aliphatic carbocycles. The summed E-state index contributed by atoms with van der Waals surface area (Å²) in [6, 6.07) is 17.6. The molecule has 1 N–H and O–H groups in total. The third kappa shape index (κ3) is 5.07. The Morgan fingerprint density at radius 3 is 2.65 bits per heavy atom. The number of amides is 1. The van der Waals surface area contributed by atoms with Crippen LogP contribution in [-0.4, -0.2) is 22.5 Å². The maximum atomic E-state index is 11.7. The Kier molecular flexibility index (Phi) is 6.22. The van der Waals surface area contributed by atoms with Crippen LogP contribution in [0.2, 0.25) is 0 Å². The zero-order valence-electron chi connectivity index (χ0n) is 14.2. The van der Waals surface area contributed by atoms with E-state index < -0.39 is 0 Å². The molecule has 5 nitrogen and oxygen atoms in total. The van der Waals surface area contributed by atoms with Crippen LogP contribution in [-0.2, 0) is 11.4 Å². The highest BCUT2D eigenvalue weighted by molar-refractivity contribution is 8.15. The summed E-state index contributed by atoms with van der Waals surface area (Å²) in [5, 5.41) is 11.1. The summed E-state index contributed by atoms with van der Waals surface area (Å²) in [5.74, 6) is 0.743. The molecule has 0 saturated carbocycles. The largest absolute Gasteiger partial charge is 0.489 e. The average Bonchev–Trinajstić information content (AvgIpc) is 3.02. The fourth-order valence-electron chi connectivity index (χ4n) is 2.30. The Bertz CT molecular complexity index is 817. The van der Waals surface area contributed by atoms with Crippen LogP contribution in [0.4, 0.5) is 0 Å². The van der Waals surface area contributed by atoms with Gasteiger partial charge in [0.2, 0.25) is 5.91 Å². The lowest BCUT2D eigenvalue weighted by Gasteiger charge is -2.06. The first-order valence-corrected chi connectivity index (χ1v) is 9.09. The fourth-order valence-corrected chi connectivity index (χ4v) is 3.22. The second kappa shape index (κ2) is 9.01. The van der Waals surface area contributed by atoms with Crippen LogP contribution < -0.4 is 10.1 Å². The molecule has 1 aliphatic heterocycles. The molecule has 132 valence electrons. The fraction of sp³-hybridized carbons (Fsp3) is 0.150. The van der Waals surface area contributed by atoms with Crippen molar-refractivity contribution in [3.63, 3.8) is 0 Å². The molecule has 3 rings (SSSR count). The van der Waals surface area contributed by atoms with E-state index in [2.05, 4.69) is 22.1 Å². The predicted molar refractivity (Wildman–Crippen MR) is 107 cm³/mol. The first-order chi connectivity index (χ1) is 12.7. The number of ether oxygens (including phenoxy) is 1. The van der Waals surface area contributed by atoms with Crippen LogP contribution in [0.15, 0.2) is 77.5 Å². The van der Waals surface area contributed by atoms with Gasteiger partial charge in [0, 0.05) is 0 Å². The number of nitrogens with one attached hydrogen (secondary N) is 1. The van der Waals surface area contributed by atoms with Crippen LogP contribution in [0.1, 0.15) is 17.5 Å². The van der Waals surface area contributed by atoms with Crippen molar-refractivity contribution in [3.05, 3.63) is 78.4 Å². The van der Waals surface area contributed by atoms with Gasteiger partial charge < -0.3 is 10.1 Å². The van der Waals surface area contributed by atoms with Crippen molar-refractivity contribution in [2.24, 2.45) is 10.2 Å². The zero-order chi connectivity index (χ0) is 18.2. The number of nitrogens with zero attached hydrogens (tertiary/aromatic N) is 2. The van der Waals surface area contributed by atoms with Gasteiger partial charge in [0.25, 0.3) is 0 Å². The van der Waals surface area contributed by atoms with E-state index in [1.165, 1.54) is 11.8 Å². The highest BCUT2D eigenvalue weighted by Crippen LogP contribution is 2.22. The maximum Gasteiger partial charge on any atom is 0.239 e. The predicted octanol–water partition coefficient (Wildman–Crippen LogP) is 3.76. The number of rotatable bonds is 7. The van der Waals surface area contributed by atoms with Gasteiger partial charge in [0.05, 0.1) is 11.5 Å².